The minimum Gasteiger partial charge on any atom is -0.437 e. The summed E-state index contributed by atoms with van der Waals surface area (Å²) >= 11 is 12.0. The number of hydrogen-bond donors (Lipinski definition) is 2. The first-order chi connectivity index (χ1) is 9.13. The molecular weight excluding hydrogens is 287 g/mol. The molecule has 0 amide bonds. The number of rotatable bonds is 4. The molecule has 0 aliphatic rings. The molecule has 0 saturated heterocycles. The first kappa shape index (κ1) is 13.9. The molecule has 1 aromatic carbocycles. The number of aryl methyl sites for hydroxylation is 1. The SMILES string of the molecule is CCc1nc(NN)cc(Oc2cccc(Cl)c2Cl)n1. The number of hydrazine groups is 1. The number of nitrogens with one attached hydrogen (secondary N) is 1. The molecule has 1 aromatic heterocycles. The third kappa shape index (κ3) is 3.26. The van der Waals surface area contributed by atoms with Crippen LogP contribution in [0.1, 0.15) is 12.7 Å². The van der Waals surface area contributed by atoms with Gasteiger partial charge in [-0.15, -0.1) is 0 Å². The van der Waals surface area contributed by atoms with Crippen molar-refractivity contribution in [3.8, 4) is 11.6 Å². The first-order valence-corrected chi connectivity index (χ1v) is 6.36. The predicted octanol–water partition coefficient (Wildman–Crippen LogP) is 3.42. The van der Waals surface area contributed by atoms with Crippen molar-refractivity contribution in [2.24, 2.45) is 5.84 Å². The Kier molecular flexibility index (Phi) is 4.42. The lowest BCUT2D eigenvalue weighted by molar-refractivity contribution is 0.459. The minimum atomic E-state index is 0.336. The monoisotopic (exact) mass is 298 g/mol. The summed E-state index contributed by atoms with van der Waals surface area (Å²) in [6, 6.07) is 6.71. The molecule has 2 aromatic rings. The summed E-state index contributed by atoms with van der Waals surface area (Å²) in [6.07, 6.45) is 0.662. The maximum Gasteiger partial charge on any atom is 0.224 e. The number of aromatic nitrogens is 2. The molecule has 7 heteroatoms. The Morgan fingerprint density at radius 2 is 2.11 bits per heavy atom. The fraction of sp³-hybridized carbons (Fsp3) is 0.167. The Morgan fingerprint density at radius 3 is 2.79 bits per heavy atom. The lowest BCUT2D eigenvalue weighted by Gasteiger charge is -2.09. The highest BCUT2D eigenvalue weighted by Crippen LogP contribution is 2.34. The van der Waals surface area contributed by atoms with Gasteiger partial charge < -0.3 is 10.2 Å². The second-order valence-electron chi connectivity index (χ2n) is 3.66. The second kappa shape index (κ2) is 6.06. The van der Waals surface area contributed by atoms with Crippen molar-refractivity contribution in [3.63, 3.8) is 0 Å². The summed E-state index contributed by atoms with van der Waals surface area (Å²) < 4.78 is 5.61. The molecular formula is C12H12Cl2N4O. The third-order valence-corrected chi connectivity index (χ3v) is 3.15. The van der Waals surface area contributed by atoms with Crippen molar-refractivity contribution in [3.05, 3.63) is 40.1 Å². The first-order valence-electron chi connectivity index (χ1n) is 5.60. The molecule has 2 rings (SSSR count). The number of benzene rings is 1. The fourth-order valence-electron chi connectivity index (χ4n) is 1.43. The van der Waals surface area contributed by atoms with Gasteiger partial charge >= 0.3 is 0 Å². The van der Waals surface area contributed by atoms with Gasteiger partial charge in [-0.25, -0.2) is 10.8 Å². The number of anilines is 1. The van der Waals surface area contributed by atoms with Crippen LogP contribution < -0.4 is 16.0 Å². The van der Waals surface area contributed by atoms with Gasteiger partial charge in [-0.1, -0.05) is 36.2 Å². The lowest BCUT2D eigenvalue weighted by atomic mass is 10.3. The number of halogens is 2. The molecule has 1 heterocycles. The van der Waals surface area contributed by atoms with Gasteiger partial charge in [0.1, 0.15) is 22.4 Å². The van der Waals surface area contributed by atoms with Crippen LogP contribution >= 0.6 is 23.2 Å². The van der Waals surface area contributed by atoms with Crippen molar-refractivity contribution in [2.75, 3.05) is 5.43 Å². The minimum absolute atomic E-state index is 0.336. The zero-order valence-corrected chi connectivity index (χ0v) is 11.7. The van der Waals surface area contributed by atoms with E-state index in [9.17, 15) is 0 Å². The van der Waals surface area contributed by atoms with E-state index in [1.165, 1.54) is 0 Å². The summed E-state index contributed by atoms with van der Waals surface area (Å²) in [5.74, 6) is 7.21. The number of nitrogens with two attached hydrogens (primary N) is 1. The number of nitrogen functional groups attached to an aromatic ring is 1. The summed E-state index contributed by atoms with van der Waals surface area (Å²) in [5.41, 5.74) is 2.46. The van der Waals surface area contributed by atoms with Gasteiger partial charge in [0.2, 0.25) is 5.88 Å². The topological polar surface area (TPSA) is 73.1 Å². The van der Waals surface area contributed by atoms with E-state index in [-0.39, 0.29) is 0 Å². The Bertz CT molecular complexity index is 570. The van der Waals surface area contributed by atoms with E-state index in [0.29, 0.717) is 39.7 Å². The Balaban J connectivity index is 2.34. The van der Waals surface area contributed by atoms with E-state index in [4.69, 9.17) is 33.8 Å². The average molecular weight is 299 g/mol. The summed E-state index contributed by atoms with van der Waals surface area (Å²) in [6.45, 7) is 1.94. The number of hydrogen-bond acceptors (Lipinski definition) is 5. The van der Waals surface area contributed by atoms with Crippen LogP contribution in [0.3, 0.4) is 0 Å². The summed E-state index contributed by atoms with van der Waals surface area (Å²) in [5, 5.41) is 0.754. The molecule has 0 spiro atoms. The fourth-order valence-corrected chi connectivity index (χ4v) is 1.76. The van der Waals surface area contributed by atoms with Gasteiger partial charge in [0, 0.05) is 12.5 Å². The van der Waals surface area contributed by atoms with Crippen LogP contribution in [-0.4, -0.2) is 9.97 Å². The lowest BCUT2D eigenvalue weighted by Crippen LogP contribution is -2.10. The van der Waals surface area contributed by atoms with Crippen LogP contribution in [-0.2, 0) is 6.42 Å². The van der Waals surface area contributed by atoms with Crippen LogP contribution in [0.5, 0.6) is 11.6 Å². The number of ether oxygens (including phenoxy) is 1. The molecule has 0 unspecified atom stereocenters. The second-order valence-corrected chi connectivity index (χ2v) is 4.44. The van der Waals surface area contributed by atoms with Crippen molar-refractivity contribution in [2.45, 2.75) is 13.3 Å². The molecule has 0 atom stereocenters. The molecule has 100 valence electrons. The molecule has 0 fully saturated rings. The van der Waals surface area contributed by atoms with E-state index >= 15 is 0 Å². The highest BCUT2D eigenvalue weighted by molar-refractivity contribution is 6.42. The molecule has 3 N–H and O–H groups in total. The quantitative estimate of drug-likeness (QED) is 0.668. The van der Waals surface area contributed by atoms with Gasteiger partial charge in [-0.2, -0.15) is 4.98 Å². The van der Waals surface area contributed by atoms with Gasteiger partial charge in [-0.3, -0.25) is 0 Å². The Hall–Kier alpha value is -1.56. The molecule has 0 radical (unpaired) electrons. The zero-order valence-electron chi connectivity index (χ0n) is 10.2. The van der Waals surface area contributed by atoms with E-state index in [1.54, 1.807) is 24.3 Å². The molecule has 0 bridgehead atoms. The maximum atomic E-state index is 6.05. The molecule has 0 saturated carbocycles. The largest absolute Gasteiger partial charge is 0.437 e. The van der Waals surface area contributed by atoms with Crippen LogP contribution in [0.2, 0.25) is 10.0 Å². The molecule has 0 aliphatic heterocycles. The van der Waals surface area contributed by atoms with Crippen LogP contribution in [0.4, 0.5) is 5.82 Å². The zero-order chi connectivity index (χ0) is 13.8. The Morgan fingerprint density at radius 1 is 1.32 bits per heavy atom. The normalized spacial score (nSPS) is 10.3. The number of nitrogens with zero attached hydrogens (tertiary/aromatic N) is 2. The molecule has 5 nitrogen and oxygen atoms in total. The van der Waals surface area contributed by atoms with E-state index < -0.39 is 0 Å². The standard InChI is InChI=1S/C12H12Cl2N4O/c1-2-9-16-10(18-15)6-11(17-9)19-8-5-3-4-7(13)12(8)14/h3-6H,2,15H2,1H3,(H,16,17,18). The predicted molar refractivity (Wildman–Crippen MR) is 75.8 cm³/mol. The van der Waals surface area contributed by atoms with Crippen molar-refractivity contribution >= 4 is 29.0 Å². The van der Waals surface area contributed by atoms with E-state index in [2.05, 4.69) is 15.4 Å². The van der Waals surface area contributed by atoms with Crippen LogP contribution in [0.25, 0.3) is 0 Å². The maximum absolute atomic E-state index is 6.05. The van der Waals surface area contributed by atoms with Gasteiger partial charge in [0.15, 0.2) is 0 Å². The third-order valence-electron chi connectivity index (χ3n) is 2.34. The van der Waals surface area contributed by atoms with Gasteiger partial charge in [-0.05, 0) is 12.1 Å². The summed E-state index contributed by atoms with van der Waals surface area (Å²) in [7, 11) is 0. The highest BCUT2D eigenvalue weighted by atomic mass is 35.5. The van der Waals surface area contributed by atoms with E-state index in [0.717, 1.165) is 0 Å². The smallest absolute Gasteiger partial charge is 0.224 e. The van der Waals surface area contributed by atoms with Gasteiger partial charge in [0.25, 0.3) is 0 Å². The van der Waals surface area contributed by atoms with Crippen LogP contribution in [0.15, 0.2) is 24.3 Å². The molecule has 19 heavy (non-hydrogen) atoms. The average Bonchev–Trinajstić information content (AvgIpc) is 2.43. The summed E-state index contributed by atoms with van der Waals surface area (Å²) in [4.78, 5) is 8.40. The highest BCUT2D eigenvalue weighted by Gasteiger charge is 2.09. The molecule has 0 aliphatic carbocycles. The van der Waals surface area contributed by atoms with E-state index in [1.807, 2.05) is 6.92 Å². The Labute approximate surface area is 120 Å². The van der Waals surface area contributed by atoms with Crippen molar-refractivity contribution < 1.29 is 4.74 Å². The van der Waals surface area contributed by atoms with Gasteiger partial charge in [0.05, 0.1) is 5.02 Å². The van der Waals surface area contributed by atoms with Crippen molar-refractivity contribution in [1.29, 1.82) is 0 Å². The van der Waals surface area contributed by atoms with Crippen molar-refractivity contribution in [1.82, 2.24) is 9.97 Å². The van der Waals surface area contributed by atoms with Crippen LogP contribution in [0, 0.1) is 0 Å².